The molecule has 0 aliphatic heterocycles. The molecular weight excluding hydrogens is 264 g/mol. The van der Waals surface area contributed by atoms with Crippen LogP contribution in [-0.4, -0.2) is 35.8 Å². The molecule has 1 aromatic rings. The molecular formula is C16H28N4O. The Morgan fingerprint density at radius 3 is 2.24 bits per heavy atom. The third-order valence-electron chi connectivity index (χ3n) is 4.04. The molecule has 0 spiro atoms. The lowest BCUT2D eigenvalue weighted by atomic mass is 9.80. The van der Waals surface area contributed by atoms with Gasteiger partial charge in [0.25, 0.3) is 0 Å². The number of ether oxygens (including phenoxy) is 1. The first-order valence-electron chi connectivity index (χ1n) is 7.81. The summed E-state index contributed by atoms with van der Waals surface area (Å²) < 4.78 is 5.65. The number of aromatic nitrogens is 2. The Morgan fingerprint density at radius 2 is 1.81 bits per heavy atom. The molecule has 1 saturated carbocycles. The normalized spacial score (nSPS) is 17.2. The third kappa shape index (κ3) is 3.84. The summed E-state index contributed by atoms with van der Waals surface area (Å²) in [5.41, 5.74) is -0.0809. The lowest BCUT2D eigenvalue weighted by Crippen LogP contribution is -2.45. The van der Waals surface area contributed by atoms with Crippen molar-refractivity contribution in [2.24, 2.45) is 0 Å². The first-order chi connectivity index (χ1) is 9.88. The molecule has 1 heterocycles. The Morgan fingerprint density at radius 1 is 1.19 bits per heavy atom. The molecule has 1 aliphatic rings. The Hall–Kier alpha value is -1.36. The van der Waals surface area contributed by atoms with Crippen molar-refractivity contribution in [3.63, 3.8) is 0 Å². The fourth-order valence-electron chi connectivity index (χ4n) is 2.42. The maximum Gasteiger partial charge on any atom is 0.138 e. The highest BCUT2D eigenvalue weighted by molar-refractivity contribution is 5.48. The molecule has 21 heavy (non-hydrogen) atoms. The molecule has 0 bridgehead atoms. The summed E-state index contributed by atoms with van der Waals surface area (Å²) in [6.07, 6.45) is 3.48. The summed E-state index contributed by atoms with van der Waals surface area (Å²) in [7, 11) is 1.80. The van der Waals surface area contributed by atoms with Gasteiger partial charge in [0.15, 0.2) is 0 Å². The predicted molar refractivity (Wildman–Crippen MR) is 87.0 cm³/mol. The van der Waals surface area contributed by atoms with Crippen molar-refractivity contribution in [1.29, 1.82) is 0 Å². The summed E-state index contributed by atoms with van der Waals surface area (Å²) in [6, 6.07) is 1.97. The molecule has 2 rings (SSSR count). The van der Waals surface area contributed by atoms with E-state index in [9.17, 15) is 0 Å². The Labute approximate surface area is 127 Å². The fourth-order valence-corrected chi connectivity index (χ4v) is 2.42. The standard InChI is InChI=1S/C16H28N4O/c1-6-17-12-10-13(20-14(19-12)15(2,3)4)18-11-16(21-5)8-7-9-16/h10H,6-9,11H2,1-5H3,(H2,17,18,19,20). The molecule has 118 valence electrons. The van der Waals surface area contributed by atoms with Gasteiger partial charge in [-0.05, 0) is 26.2 Å². The Kier molecular flexibility index (Phi) is 4.71. The van der Waals surface area contributed by atoms with Crippen molar-refractivity contribution in [3.8, 4) is 0 Å². The van der Waals surface area contributed by atoms with E-state index in [2.05, 4.69) is 48.3 Å². The Balaban J connectivity index is 2.15. The second-order valence-electron chi connectivity index (χ2n) is 6.84. The molecule has 5 heteroatoms. The number of methoxy groups -OCH3 is 1. The highest BCUT2D eigenvalue weighted by atomic mass is 16.5. The van der Waals surface area contributed by atoms with Crippen molar-refractivity contribution in [1.82, 2.24) is 9.97 Å². The summed E-state index contributed by atoms with van der Waals surface area (Å²) >= 11 is 0. The molecule has 0 saturated heterocycles. The largest absolute Gasteiger partial charge is 0.376 e. The van der Waals surface area contributed by atoms with Gasteiger partial charge in [-0.3, -0.25) is 0 Å². The minimum absolute atomic E-state index is 0.00874. The number of nitrogens with zero attached hydrogens (tertiary/aromatic N) is 2. The quantitative estimate of drug-likeness (QED) is 0.843. The van der Waals surface area contributed by atoms with Crippen molar-refractivity contribution in [2.75, 3.05) is 30.8 Å². The number of hydrogen-bond donors (Lipinski definition) is 2. The van der Waals surface area contributed by atoms with Gasteiger partial charge in [0.05, 0.1) is 5.60 Å². The topological polar surface area (TPSA) is 59.1 Å². The molecule has 2 N–H and O–H groups in total. The molecule has 1 aliphatic carbocycles. The first kappa shape index (κ1) is 16.0. The van der Waals surface area contributed by atoms with E-state index >= 15 is 0 Å². The fraction of sp³-hybridized carbons (Fsp3) is 0.750. The molecule has 0 radical (unpaired) electrons. The lowest BCUT2D eigenvalue weighted by molar-refractivity contribution is -0.0601. The minimum atomic E-state index is -0.0721. The van der Waals surface area contributed by atoms with Crippen LogP contribution in [0, 0.1) is 0 Å². The van der Waals surface area contributed by atoms with Gasteiger partial charge in [-0.15, -0.1) is 0 Å². The third-order valence-corrected chi connectivity index (χ3v) is 4.04. The zero-order valence-electron chi connectivity index (χ0n) is 13.9. The van der Waals surface area contributed by atoms with Gasteiger partial charge in [0.2, 0.25) is 0 Å². The van der Waals surface area contributed by atoms with Gasteiger partial charge in [-0.2, -0.15) is 0 Å². The van der Waals surface area contributed by atoms with Crippen molar-refractivity contribution >= 4 is 11.6 Å². The second kappa shape index (κ2) is 6.18. The van der Waals surface area contributed by atoms with E-state index in [0.29, 0.717) is 0 Å². The highest BCUT2D eigenvalue weighted by Crippen LogP contribution is 2.35. The zero-order chi connectivity index (χ0) is 15.5. The smallest absolute Gasteiger partial charge is 0.138 e. The monoisotopic (exact) mass is 292 g/mol. The summed E-state index contributed by atoms with van der Waals surface area (Å²) in [4.78, 5) is 9.26. The zero-order valence-corrected chi connectivity index (χ0v) is 13.9. The summed E-state index contributed by atoms with van der Waals surface area (Å²) in [6.45, 7) is 10.1. The summed E-state index contributed by atoms with van der Waals surface area (Å²) in [5.74, 6) is 2.60. The van der Waals surface area contributed by atoms with Crippen LogP contribution in [0.5, 0.6) is 0 Å². The minimum Gasteiger partial charge on any atom is -0.376 e. The number of rotatable bonds is 6. The molecule has 0 unspecified atom stereocenters. The average Bonchev–Trinajstić information content (AvgIpc) is 2.37. The van der Waals surface area contributed by atoms with Crippen LogP contribution in [0.4, 0.5) is 11.6 Å². The molecule has 5 nitrogen and oxygen atoms in total. The van der Waals surface area contributed by atoms with Crippen LogP contribution in [0.3, 0.4) is 0 Å². The van der Waals surface area contributed by atoms with Gasteiger partial charge in [0.1, 0.15) is 17.5 Å². The van der Waals surface area contributed by atoms with E-state index in [1.807, 2.05) is 6.07 Å². The number of nitrogens with one attached hydrogen (secondary N) is 2. The van der Waals surface area contributed by atoms with Gasteiger partial charge in [0, 0.05) is 31.7 Å². The van der Waals surface area contributed by atoms with E-state index in [1.165, 1.54) is 6.42 Å². The van der Waals surface area contributed by atoms with E-state index in [4.69, 9.17) is 4.74 Å². The maximum atomic E-state index is 5.65. The van der Waals surface area contributed by atoms with E-state index < -0.39 is 0 Å². The van der Waals surface area contributed by atoms with E-state index in [-0.39, 0.29) is 11.0 Å². The van der Waals surface area contributed by atoms with Crippen LogP contribution in [-0.2, 0) is 10.2 Å². The molecule has 0 amide bonds. The van der Waals surface area contributed by atoms with E-state index in [1.54, 1.807) is 7.11 Å². The van der Waals surface area contributed by atoms with E-state index in [0.717, 1.165) is 43.4 Å². The van der Waals surface area contributed by atoms with Gasteiger partial charge in [-0.1, -0.05) is 20.8 Å². The molecule has 0 aromatic carbocycles. The van der Waals surface area contributed by atoms with Gasteiger partial charge < -0.3 is 15.4 Å². The van der Waals surface area contributed by atoms with Crippen molar-refractivity contribution < 1.29 is 4.74 Å². The SMILES string of the molecule is CCNc1cc(NCC2(OC)CCC2)nc(C(C)(C)C)n1. The van der Waals surface area contributed by atoms with Crippen LogP contribution >= 0.6 is 0 Å². The molecule has 1 fully saturated rings. The van der Waals surface area contributed by atoms with Gasteiger partial charge >= 0.3 is 0 Å². The van der Waals surface area contributed by atoms with Crippen LogP contribution in [0.15, 0.2) is 6.07 Å². The number of hydrogen-bond acceptors (Lipinski definition) is 5. The average molecular weight is 292 g/mol. The van der Waals surface area contributed by atoms with Crippen LogP contribution in [0.1, 0.15) is 52.8 Å². The molecule has 0 atom stereocenters. The van der Waals surface area contributed by atoms with Crippen LogP contribution in [0.25, 0.3) is 0 Å². The first-order valence-corrected chi connectivity index (χ1v) is 7.81. The lowest BCUT2D eigenvalue weighted by Gasteiger charge is -2.40. The van der Waals surface area contributed by atoms with Crippen molar-refractivity contribution in [2.45, 2.75) is 58.0 Å². The Bertz CT molecular complexity index is 472. The summed E-state index contributed by atoms with van der Waals surface area (Å²) in [5, 5.41) is 6.71. The predicted octanol–water partition coefficient (Wildman–Crippen LogP) is 3.19. The molecule has 1 aromatic heterocycles. The van der Waals surface area contributed by atoms with Crippen molar-refractivity contribution in [3.05, 3.63) is 11.9 Å². The second-order valence-corrected chi connectivity index (χ2v) is 6.84. The van der Waals surface area contributed by atoms with Crippen LogP contribution in [0.2, 0.25) is 0 Å². The van der Waals surface area contributed by atoms with Crippen LogP contribution < -0.4 is 10.6 Å². The van der Waals surface area contributed by atoms with Gasteiger partial charge in [-0.25, -0.2) is 9.97 Å². The maximum absolute atomic E-state index is 5.65. The highest BCUT2D eigenvalue weighted by Gasteiger charge is 2.36. The number of anilines is 2.